The Labute approximate surface area is 441 Å². The number of carbonyl (C=O) groups is 6. The summed E-state index contributed by atoms with van der Waals surface area (Å²) in [5.41, 5.74) is 9.87. The van der Waals surface area contributed by atoms with Crippen molar-refractivity contribution in [3.05, 3.63) is 106 Å². The molecule has 1 saturated heterocycles. The number of guanidine groups is 1. The molecule has 22 heteroatoms. The van der Waals surface area contributed by atoms with Crippen LogP contribution in [0.5, 0.6) is 5.75 Å². The number of amides is 4. The number of hydrogen-bond acceptors (Lipinski definition) is 13. The van der Waals surface area contributed by atoms with Crippen LogP contribution >= 0.6 is 0 Å². The number of imidazole rings is 1. The number of fused-ring (bicyclic) bond motifs is 8. The van der Waals surface area contributed by atoms with E-state index in [1.807, 2.05) is 26.8 Å². The third-order valence-corrected chi connectivity index (χ3v) is 15.4. The molecule has 2 aromatic heterocycles. The standard InChI is InChI=1S/C54H66N10O11S/c1-30-31(2)45(32(3)38-25-54(7,8)74-44(30)38)76(71,72)62-51(55)56-20-12-16-39-47(66)60-42(50(69)75-53(4,5)6)23-35-26-63(29-57-35)46-37(36-19-18-34(27-65)22-40(36)58-46)24-41(49(68)64-21-13-17-43(64)48(67)59-39)61-52(70)73-28-33-14-10-9-11-15-33/h9-11,14-15,18-19,22,26-27,29,39,41-43,58H,12-13,16-17,20-21,23-25,28H2,1-8H3,(H,59,67)(H,60,66)(H,61,70)(H3,55,56,62)/t39?,41?,42-,43-/m0/s1. The van der Waals surface area contributed by atoms with E-state index in [4.69, 9.17) is 19.9 Å². The Morgan fingerprint density at radius 3 is 2.47 bits per heavy atom. The summed E-state index contributed by atoms with van der Waals surface area (Å²) in [6, 6.07) is 9.03. The van der Waals surface area contributed by atoms with Gasteiger partial charge in [0.05, 0.1) is 10.6 Å². The number of alkyl carbamates (subject to hydrolysis) is 1. The van der Waals surface area contributed by atoms with E-state index in [1.54, 1.807) is 87.8 Å². The highest BCUT2D eigenvalue weighted by molar-refractivity contribution is 7.90. The monoisotopic (exact) mass is 1060 g/mol. The number of H-pyrrole nitrogens is 1. The molecule has 4 atom stereocenters. The molecule has 2 unspecified atom stereocenters. The molecule has 21 nitrogen and oxygen atoms in total. The van der Waals surface area contributed by atoms with Crippen molar-refractivity contribution in [1.82, 2.24) is 40.1 Å². The van der Waals surface area contributed by atoms with E-state index in [2.05, 4.69) is 35.6 Å². The lowest BCUT2D eigenvalue weighted by Crippen LogP contribution is -2.58. The fourth-order valence-corrected chi connectivity index (χ4v) is 11.6. The van der Waals surface area contributed by atoms with Gasteiger partial charge in [0.15, 0.2) is 0 Å². The Hall–Kier alpha value is -7.75. The summed E-state index contributed by atoms with van der Waals surface area (Å²) in [5, 5.41) is 9.03. The first kappa shape index (κ1) is 54.5. The lowest BCUT2D eigenvalue weighted by Gasteiger charge is -2.30. The number of aliphatic imine (C=N–C) groups is 1. The topological polar surface area (TPSA) is 288 Å². The first-order valence-corrected chi connectivity index (χ1v) is 26.8. The van der Waals surface area contributed by atoms with Crippen LogP contribution in [0, 0.1) is 20.8 Å². The van der Waals surface area contributed by atoms with Crippen molar-refractivity contribution in [2.75, 3.05) is 13.1 Å². The maximum atomic E-state index is 15.0. The Morgan fingerprint density at radius 2 is 1.75 bits per heavy atom. The zero-order valence-corrected chi connectivity index (χ0v) is 44.8. The van der Waals surface area contributed by atoms with Crippen LogP contribution in [0.2, 0.25) is 0 Å². The van der Waals surface area contributed by atoms with Gasteiger partial charge in [-0.05, 0) is 109 Å². The van der Waals surface area contributed by atoms with Crippen LogP contribution in [0.25, 0.3) is 16.7 Å². The summed E-state index contributed by atoms with van der Waals surface area (Å²) in [6.45, 7) is 14.2. The first-order chi connectivity index (χ1) is 35.9. The van der Waals surface area contributed by atoms with Gasteiger partial charge in [-0.2, -0.15) is 0 Å². The maximum absolute atomic E-state index is 15.0. The number of nitrogens with zero attached hydrogens (tertiary/aromatic N) is 4. The van der Waals surface area contributed by atoms with Gasteiger partial charge in [0.25, 0.3) is 10.0 Å². The maximum Gasteiger partial charge on any atom is 0.408 e. The van der Waals surface area contributed by atoms with Crippen LogP contribution < -0.4 is 31.1 Å². The molecule has 2 bridgehead atoms. The largest absolute Gasteiger partial charge is 0.487 e. The van der Waals surface area contributed by atoms with E-state index in [0.29, 0.717) is 80.7 Å². The van der Waals surface area contributed by atoms with Crippen LogP contribution in [-0.4, -0.2) is 118 Å². The van der Waals surface area contributed by atoms with Gasteiger partial charge in [-0.1, -0.05) is 42.5 Å². The highest BCUT2D eigenvalue weighted by atomic mass is 32.2. The van der Waals surface area contributed by atoms with Gasteiger partial charge in [0.2, 0.25) is 23.7 Å². The molecule has 5 aromatic rings. The van der Waals surface area contributed by atoms with E-state index in [1.165, 1.54) is 11.2 Å². The fourth-order valence-electron chi connectivity index (χ4n) is 10.1. The van der Waals surface area contributed by atoms with Crippen molar-refractivity contribution in [3.8, 4) is 11.6 Å². The second-order valence-corrected chi connectivity index (χ2v) is 22.8. The minimum Gasteiger partial charge on any atom is -0.487 e. The third-order valence-electron chi connectivity index (χ3n) is 13.8. The molecule has 3 aromatic carbocycles. The molecule has 1 fully saturated rings. The number of aldehydes is 1. The van der Waals surface area contributed by atoms with Gasteiger partial charge < -0.3 is 45.8 Å². The summed E-state index contributed by atoms with van der Waals surface area (Å²) in [7, 11) is -4.22. The molecule has 76 heavy (non-hydrogen) atoms. The molecular formula is C54H66N10O11S. The zero-order valence-electron chi connectivity index (χ0n) is 44.0. The first-order valence-electron chi connectivity index (χ1n) is 25.3. The number of sulfonamides is 1. The van der Waals surface area contributed by atoms with E-state index in [-0.39, 0.29) is 56.7 Å². The highest BCUT2D eigenvalue weighted by Crippen LogP contribution is 2.44. The predicted molar refractivity (Wildman–Crippen MR) is 281 cm³/mol. The number of rotatable bonds is 11. The molecule has 5 heterocycles. The minimum absolute atomic E-state index is 0.0690. The average molecular weight is 1060 g/mol. The number of nitrogens with one attached hydrogen (secondary N) is 5. The van der Waals surface area contributed by atoms with Gasteiger partial charge in [-0.15, -0.1) is 0 Å². The van der Waals surface area contributed by atoms with Crippen molar-refractivity contribution in [1.29, 1.82) is 0 Å². The third kappa shape index (κ3) is 12.2. The number of carbonyl (C=O) groups excluding carboxylic acids is 6. The summed E-state index contributed by atoms with van der Waals surface area (Å²) in [6.07, 6.45) is 3.87. The second kappa shape index (κ2) is 21.8. The smallest absolute Gasteiger partial charge is 0.408 e. The highest BCUT2D eigenvalue weighted by Gasteiger charge is 2.41. The second-order valence-electron chi connectivity index (χ2n) is 21.2. The molecule has 0 radical (unpaired) electrons. The van der Waals surface area contributed by atoms with Gasteiger partial charge in [-0.25, -0.2) is 27.7 Å². The quantitative estimate of drug-likeness (QED) is 0.0348. The Balaban J connectivity index is 1.10. The molecule has 3 aliphatic rings. The normalized spacial score (nSPS) is 20.1. The Kier molecular flexibility index (Phi) is 15.7. The van der Waals surface area contributed by atoms with Crippen LogP contribution in [-0.2, 0) is 64.5 Å². The Bertz CT molecular complexity index is 3230. The Morgan fingerprint density at radius 1 is 1.00 bits per heavy atom. The van der Waals surface area contributed by atoms with Gasteiger partial charge >= 0.3 is 12.1 Å². The van der Waals surface area contributed by atoms with E-state index >= 15 is 0 Å². The average Bonchev–Trinajstić information content (AvgIpc) is 4.18. The van der Waals surface area contributed by atoms with E-state index in [0.717, 1.165) is 5.56 Å². The molecule has 0 saturated carbocycles. The van der Waals surface area contributed by atoms with Crippen LogP contribution in [0.1, 0.15) is 110 Å². The van der Waals surface area contributed by atoms with Crippen molar-refractivity contribution in [2.45, 2.75) is 147 Å². The number of hydrogen-bond donors (Lipinski definition) is 6. The molecule has 0 aliphatic carbocycles. The SMILES string of the molecule is Cc1c(C)c(S(=O)(=O)NC(N)=NCCCC2NC(=O)[C@@H]3CCCN3C(=O)C(NC(=O)OCc3ccccc3)Cc3c([nH]c4cc(C=O)ccc34)-n3cnc(c3)C[C@@H](C(=O)OC(C)(C)C)NC2=O)c(C)c2c1OC(C)(C)C2. The summed E-state index contributed by atoms with van der Waals surface area (Å²) >= 11 is 0. The summed E-state index contributed by atoms with van der Waals surface area (Å²) < 4.78 is 49.4. The molecule has 404 valence electrons. The molecule has 4 amide bonds. The van der Waals surface area contributed by atoms with Gasteiger partial charge in [0.1, 0.15) is 66.2 Å². The van der Waals surface area contributed by atoms with Gasteiger partial charge in [0, 0.05) is 66.1 Å². The lowest BCUT2D eigenvalue weighted by molar-refractivity contribution is -0.158. The lowest BCUT2D eigenvalue weighted by atomic mass is 9.94. The van der Waals surface area contributed by atoms with Crippen LogP contribution in [0.4, 0.5) is 4.79 Å². The molecule has 0 spiro atoms. The molecule has 3 aliphatic heterocycles. The summed E-state index contributed by atoms with van der Waals surface area (Å²) in [5.74, 6) is -2.06. The zero-order chi connectivity index (χ0) is 54.9. The van der Waals surface area contributed by atoms with Crippen LogP contribution in [0.15, 0.2) is 70.9 Å². The van der Waals surface area contributed by atoms with Crippen molar-refractivity contribution < 1.29 is 51.4 Å². The number of benzene rings is 3. The molecule has 7 N–H and O–H groups in total. The summed E-state index contributed by atoms with van der Waals surface area (Å²) in [4.78, 5) is 97.3. The number of ether oxygens (including phenoxy) is 3. The number of aromatic nitrogens is 3. The fraction of sp³-hybridized carbons (Fsp3) is 0.444. The van der Waals surface area contributed by atoms with Crippen molar-refractivity contribution >= 4 is 63.0 Å². The number of aromatic amines is 1. The van der Waals surface area contributed by atoms with Gasteiger partial charge in [-0.3, -0.25) is 28.7 Å². The minimum atomic E-state index is -4.22. The van der Waals surface area contributed by atoms with Crippen LogP contribution in [0.3, 0.4) is 0 Å². The molecule has 8 rings (SSSR count). The number of nitrogens with two attached hydrogens (primary N) is 1. The van der Waals surface area contributed by atoms with E-state index < -0.39 is 81.1 Å². The predicted octanol–water partition coefficient (Wildman–Crippen LogP) is 4.57. The number of esters is 1. The molecular weight excluding hydrogens is 997 g/mol. The van der Waals surface area contributed by atoms with E-state index in [9.17, 15) is 37.2 Å². The van der Waals surface area contributed by atoms with Crippen molar-refractivity contribution in [3.63, 3.8) is 0 Å². The van der Waals surface area contributed by atoms with Crippen molar-refractivity contribution in [2.24, 2.45) is 10.7 Å².